The van der Waals surface area contributed by atoms with Crippen LogP contribution in [-0.2, 0) is 0 Å². The van der Waals surface area contributed by atoms with Gasteiger partial charge in [0, 0.05) is 6.54 Å². The second-order valence-electron chi connectivity index (χ2n) is 5.81. The average Bonchev–Trinajstić information content (AvgIpc) is 2.36. The lowest BCUT2D eigenvalue weighted by molar-refractivity contribution is 0.173. The van der Waals surface area contributed by atoms with Crippen LogP contribution in [0.25, 0.3) is 0 Å². The second kappa shape index (κ2) is 8.10. The van der Waals surface area contributed by atoms with Crippen molar-refractivity contribution in [3.63, 3.8) is 0 Å². The molecular weight excluding hydrogens is 208 g/mol. The van der Waals surface area contributed by atoms with Gasteiger partial charge < -0.3 is 10.6 Å². The van der Waals surface area contributed by atoms with Crippen LogP contribution in [0.4, 0.5) is 0 Å². The minimum Gasteiger partial charge on any atom is -0.317 e. The first-order valence-electron chi connectivity index (χ1n) is 7.67. The number of hydrogen-bond acceptors (Lipinski definition) is 2. The molecule has 0 unspecified atom stereocenters. The second-order valence-corrected chi connectivity index (χ2v) is 5.81. The van der Waals surface area contributed by atoms with E-state index in [2.05, 4.69) is 31.4 Å². The van der Waals surface area contributed by atoms with Gasteiger partial charge in [0.25, 0.3) is 0 Å². The molecule has 0 spiro atoms. The van der Waals surface area contributed by atoms with Gasteiger partial charge >= 0.3 is 0 Å². The molecule has 1 fully saturated rings. The van der Waals surface area contributed by atoms with Gasteiger partial charge in [0.15, 0.2) is 0 Å². The highest BCUT2D eigenvalue weighted by atomic mass is 14.9. The van der Waals surface area contributed by atoms with Crippen molar-refractivity contribution < 1.29 is 0 Å². The van der Waals surface area contributed by atoms with Gasteiger partial charge in [-0.05, 0) is 50.2 Å². The van der Waals surface area contributed by atoms with Crippen LogP contribution in [0.1, 0.15) is 59.3 Å². The van der Waals surface area contributed by atoms with Crippen LogP contribution in [0.3, 0.4) is 0 Å². The number of rotatable bonds is 8. The summed E-state index contributed by atoms with van der Waals surface area (Å²) in [6.45, 7) is 11.8. The topological polar surface area (TPSA) is 24.1 Å². The molecule has 0 atom stereocenters. The number of piperidine rings is 1. The Morgan fingerprint density at radius 2 is 1.76 bits per heavy atom. The third-order valence-electron chi connectivity index (χ3n) is 4.53. The highest BCUT2D eigenvalue weighted by Gasteiger charge is 2.30. The molecule has 2 nitrogen and oxygen atoms in total. The zero-order valence-corrected chi connectivity index (χ0v) is 12.1. The van der Waals surface area contributed by atoms with E-state index in [1.54, 1.807) is 0 Å². The van der Waals surface area contributed by atoms with Crippen LogP contribution in [0, 0.1) is 11.3 Å². The van der Waals surface area contributed by atoms with E-state index in [-0.39, 0.29) is 0 Å². The van der Waals surface area contributed by atoms with Crippen LogP contribution >= 0.6 is 0 Å². The third-order valence-corrected chi connectivity index (χ3v) is 4.53. The van der Waals surface area contributed by atoms with E-state index in [9.17, 15) is 0 Å². The first kappa shape index (κ1) is 15.0. The smallest absolute Gasteiger partial charge is 0.000887 e. The Balaban J connectivity index is 2.33. The largest absolute Gasteiger partial charge is 0.317 e. The van der Waals surface area contributed by atoms with Crippen molar-refractivity contribution in [1.29, 1.82) is 0 Å². The van der Waals surface area contributed by atoms with E-state index < -0.39 is 0 Å². The lowest BCUT2D eigenvalue weighted by atomic mass is 9.75. The minimum atomic E-state index is 0.589. The van der Waals surface area contributed by atoms with Gasteiger partial charge in [-0.2, -0.15) is 0 Å². The fourth-order valence-corrected chi connectivity index (χ4v) is 3.12. The molecule has 2 heteroatoms. The van der Waals surface area contributed by atoms with Gasteiger partial charge in [-0.15, -0.1) is 0 Å². The maximum Gasteiger partial charge on any atom is 0.000887 e. The van der Waals surface area contributed by atoms with Crippen molar-refractivity contribution in [1.82, 2.24) is 10.6 Å². The van der Waals surface area contributed by atoms with Crippen LogP contribution in [-0.4, -0.2) is 26.2 Å². The predicted octanol–water partition coefficient (Wildman–Crippen LogP) is 3.18. The van der Waals surface area contributed by atoms with E-state index in [4.69, 9.17) is 0 Å². The molecule has 0 amide bonds. The SMILES string of the molecule is CCCC1(CNCC(CC)CC)CCNCC1. The molecule has 1 rings (SSSR count). The first-order valence-corrected chi connectivity index (χ1v) is 7.67. The highest BCUT2D eigenvalue weighted by Crippen LogP contribution is 2.33. The number of nitrogens with one attached hydrogen (secondary N) is 2. The summed E-state index contributed by atoms with van der Waals surface area (Å²) in [7, 11) is 0. The summed E-state index contributed by atoms with van der Waals surface area (Å²) in [6.07, 6.45) is 8.06. The maximum absolute atomic E-state index is 3.75. The van der Waals surface area contributed by atoms with Gasteiger partial charge in [-0.1, -0.05) is 40.0 Å². The monoisotopic (exact) mass is 240 g/mol. The Hall–Kier alpha value is -0.0800. The van der Waals surface area contributed by atoms with Gasteiger partial charge in [0.2, 0.25) is 0 Å². The Morgan fingerprint density at radius 3 is 2.29 bits per heavy atom. The van der Waals surface area contributed by atoms with Crippen LogP contribution in [0.15, 0.2) is 0 Å². The van der Waals surface area contributed by atoms with Gasteiger partial charge in [-0.25, -0.2) is 0 Å². The summed E-state index contributed by atoms with van der Waals surface area (Å²) in [5.41, 5.74) is 0.589. The summed E-state index contributed by atoms with van der Waals surface area (Å²) >= 11 is 0. The van der Waals surface area contributed by atoms with Crippen molar-refractivity contribution in [2.24, 2.45) is 11.3 Å². The Bertz CT molecular complexity index is 176. The normalized spacial score (nSPS) is 19.8. The fraction of sp³-hybridized carbons (Fsp3) is 1.00. The average molecular weight is 240 g/mol. The summed E-state index contributed by atoms with van der Waals surface area (Å²) in [5, 5.41) is 7.25. The molecule has 1 aliphatic rings. The minimum absolute atomic E-state index is 0.589. The zero-order valence-electron chi connectivity index (χ0n) is 12.1. The molecule has 0 aromatic heterocycles. The molecule has 17 heavy (non-hydrogen) atoms. The highest BCUT2D eigenvalue weighted by molar-refractivity contribution is 4.86. The van der Waals surface area contributed by atoms with Crippen LogP contribution in [0.2, 0.25) is 0 Å². The molecule has 0 radical (unpaired) electrons. The van der Waals surface area contributed by atoms with Crippen molar-refractivity contribution in [3.05, 3.63) is 0 Å². The summed E-state index contributed by atoms with van der Waals surface area (Å²) < 4.78 is 0. The molecule has 2 N–H and O–H groups in total. The third kappa shape index (κ3) is 4.97. The maximum atomic E-state index is 3.75. The standard InChI is InChI=1S/C15H32N2/c1-4-7-15(8-10-16-11-9-15)13-17-12-14(5-2)6-3/h14,16-17H,4-13H2,1-3H3. The van der Waals surface area contributed by atoms with E-state index >= 15 is 0 Å². The van der Waals surface area contributed by atoms with Crippen LogP contribution < -0.4 is 10.6 Å². The number of hydrogen-bond donors (Lipinski definition) is 2. The Kier molecular flexibility index (Phi) is 7.14. The Morgan fingerprint density at radius 1 is 1.12 bits per heavy atom. The first-order chi connectivity index (χ1) is 8.26. The predicted molar refractivity (Wildman–Crippen MR) is 76.4 cm³/mol. The molecule has 102 valence electrons. The van der Waals surface area contributed by atoms with Crippen molar-refractivity contribution in [3.8, 4) is 0 Å². The van der Waals surface area contributed by atoms with E-state index in [1.165, 1.54) is 64.7 Å². The van der Waals surface area contributed by atoms with Crippen molar-refractivity contribution >= 4 is 0 Å². The lowest BCUT2D eigenvalue weighted by Gasteiger charge is -2.38. The fourth-order valence-electron chi connectivity index (χ4n) is 3.12. The molecule has 1 aliphatic heterocycles. The lowest BCUT2D eigenvalue weighted by Crippen LogP contribution is -2.44. The molecular formula is C15H32N2. The van der Waals surface area contributed by atoms with E-state index in [0.717, 1.165) is 5.92 Å². The molecule has 0 aromatic carbocycles. The summed E-state index contributed by atoms with van der Waals surface area (Å²) in [4.78, 5) is 0. The molecule has 1 heterocycles. The Labute approximate surface area is 108 Å². The molecule has 0 aliphatic carbocycles. The van der Waals surface area contributed by atoms with Gasteiger partial charge in [0.05, 0.1) is 0 Å². The molecule has 0 aromatic rings. The molecule has 0 saturated carbocycles. The van der Waals surface area contributed by atoms with E-state index in [1.807, 2.05) is 0 Å². The van der Waals surface area contributed by atoms with Gasteiger partial charge in [0.1, 0.15) is 0 Å². The zero-order chi connectivity index (χ0) is 12.6. The summed E-state index contributed by atoms with van der Waals surface area (Å²) in [5.74, 6) is 0.871. The van der Waals surface area contributed by atoms with Gasteiger partial charge in [-0.3, -0.25) is 0 Å². The summed E-state index contributed by atoms with van der Waals surface area (Å²) in [6, 6.07) is 0. The van der Waals surface area contributed by atoms with Crippen molar-refractivity contribution in [2.45, 2.75) is 59.3 Å². The van der Waals surface area contributed by atoms with Crippen molar-refractivity contribution in [2.75, 3.05) is 26.2 Å². The van der Waals surface area contributed by atoms with Crippen LogP contribution in [0.5, 0.6) is 0 Å². The van der Waals surface area contributed by atoms with E-state index in [0.29, 0.717) is 5.41 Å². The molecule has 1 saturated heterocycles. The molecule has 0 bridgehead atoms. The quantitative estimate of drug-likeness (QED) is 0.681.